The molecule has 0 heterocycles. The SMILES string of the molecule is CCCCC/C=C\C/C=C\CCCCCCCC(O)CC(=O)NC(COP(=O)(O)OCCN)C(O)CCCCCCCCCCCCCCC. The summed E-state index contributed by atoms with van der Waals surface area (Å²) < 4.78 is 22.1. The van der Waals surface area contributed by atoms with E-state index in [1.165, 1.54) is 89.9 Å². The van der Waals surface area contributed by atoms with Gasteiger partial charge in [-0.15, -0.1) is 0 Å². The number of phosphoric ester groups is 1. The molecule has 9 nitrogen and oxygen atoms in total. The second-order valence-electron chi connectivity index (χ2n) is 14.0. The van der Waals surface area contributed by atoms with E-state index in [-0.39, 0.29) is 26.2 Å². The Kier molecular flexibility index (Phi) is 35.5. The van der Waals surface area contributed by atoms with E-state index in [2.05, 4.69) is 43.5 Å². The molecule has 0 fully saturated rings. The molecule has 1 amide bonds. The van der Waals surface area contributed by atoms with Gasteiger partial charge in [0.1, 0.15) is 0 Å². The lowest BCUT2D eigenvalue weighted by molar-refractivity contribution is -0.125. The minimum atomic E-state index is -4.37. The Balaban J connectivity index is 4.34. The highest BCUT2D eigenvalue weighted by Crippen LogP contribution is 2.43. The lowest BCUT2D eigenvalue weighted by Gasteiger charge is -2.25. The standard InChI is InChI=1S/C40H79N2O7P/c1-3-5-7-9-11-13-15-17-18-20-21-23-25-27-29-31-37(43)35-40(45)42-38(36-49-50(46,47)48-34-33-41)39(44)32-30-28-26-24-22-19-16-14-12-10-8-6-4-2/h11,13,17-18,37-39,43-44H,3-10,12,14-16,19-36,41H2,1-2H3,(H,42,45)(H,46,47)/b13-11-,18-17-. The predicted octanol–water partition coefficient (Wildman–Crippen LogP) is 9.97. The van der Waals surface area contributed by atoms with E-state index in [0.717, 1.165) is 64.2 Å². The van der Waals surface area contributed by atoms with Crippen molar-refractivity contribution in [3.8, 4) is 0 Å². The summed E-state index contributed by atoms with van der Waals surface area (Å²) in [5.74, 6) is -0.422. The smallest absolute Gasteiger partial charge is 0.393 e. The zero-order valence-electron chi connectivity index (χ0n) is 32.3. The Morgan fingerprint density at radius 3 is 1.68 bits per heavy atom. The lowest BCUT2D eigenvalue weighted by Crippen LogP contribution is -2.47. The highest BCUT2D eigenvalue weighted by atomic mass is 31.2. The van der Waals surface area contributed by atoms with Crippen LogP contribution in [0, 0.1) is 0 Å². The molecule has 6 N–H and O–H groups in total. The first-order valence-electron chi connectivity index (χ1n) is 20.5. The Morgan fingerprint density at radius 2 is 1.14 bits per heavy atom. The Morgan fingerprint density at radius 1 is 0.680 bits per heavy atom. The first kappa shape index (κ1) is 48.9. The third-order valence-corrected chi connectivity index (χ3v) is 10.1. The number of aliphatic hydroxyl groups is 2. The van der Waals surface area contributed by atoms with Crippen LogP contribution >= 0.6 is 7.82 Å². The molecule has 0 aliphatic heterocycles. The number of unbranched alkanes of at least 4 members (excludes halogenated alkanes) is 20. The highest BCUT2D eigenvalue weighted by Gasteiger charge is 2.28. The second kappa shape index (κ2) is 36.3. The van der Waals surface area contributed by atoms with Crippen LogP contribution in [0.4, 0.5) is 0 Å². The van der Waals surface area contributed by atoms with Crippen LogP contribution in [-0.4, -0.2) is 59.0 Å². The van der Waals surface area contributed by atoms with E-state index in [1.54, 1.807) is 0 Å². The van der Waals surface area contributed by atoms with Crippen molar-refractivity contribution in [2.24, 2.45) is 5.73 Å². The van der Waals surface area contributed by atoms with Crippen LogP contribution in [0.15, 0.2) is 24.3 Å². The van der Waals surface area contributed by atoms with Crippen LogP contribution in [0.5, 0.6) is 0 Å². The van der Waals surface area contributed by atoms with E-state index in [9.17, 15) is 24.5 Å². The van der Waals surface area contributed by atoms with Gasteiger partial charge in [-0.25, -0.2) is 4.57 Å². The van der Waals surface area contributed by atoms with Crippen molar-refractivity contribution in [2.75, 3.05) is 19.8 Å². The predicted molar refractivity (Wildman–Crippen MR) is 209 cm³/mol. The molecule has 0 aromatic heterocycles. The molecule has 4 unspecified atom stereocenters. The maximum atomic E-state index is 12.8. The van der Waals surface area contributed by atoms with Crippen molar-refractivity contribution < 1.29 is 33.5 Å². The fourth-order valence-corrected chi connectivity index (χ4v) is 6.73. The summed E-state index contributed by atoms with van der Waals surface area (Å²) in [6, 6.07) is -0.898. The molecule has 0 rings (SSSR count). The lowest BCUT2D eigenvalue weighted by atomic mass is 10.0. The molecule has 0 spiro atoms. The fraction of sp³-hybridized carbons (Fsp3) is 0.875. The van der Waals surface area contributed by atoms with Crippen LogP contribution in [0.1, 0.15) is 187 Å². The van der Waals surface area contributed by atoms with Gasteiger partial charge in [0.15, 0.2) is 0 Å². The van der Waals surface area contributed by atoms with Gasteiger partial charge in [-0.2, -0.15) is 0 Å². The number of nitrogens with one attached hydrogen (secondary N) is 1. The molecule has 50 heavy (non-hydrogen) atoms. The van der Waals surface area contributed by atoms with Crippen molar-refractivity contribution >= 4 is 13.7 Å². The zero-order valence-corrected chi connectivity index (χ0v) is 33.1. The summed E-state index contributed by atoms with van der Waals surface area (Å²) in [4.78, 5) is 22.7. The van der Waals surface area contributed by atoms with Crippen LogP contribution in [0.25, 0.3) is 0 Å². The largest absolute Gasteiger partial charge is 0.472 e. The molecular formula is C40H79N2O7P. The molecule has 296 valence electrons. The van der Waals surface area contributed by atoms with E-state index >= 15 is 0 Å². The first-order chi connectivity index (χ1) is 24.3. The van der Waals surface area contributed by atoms with E-state index in [4.69, 9.17) is 14.8 Å². The number of aliphatic hydroxyl groups excluding tert-OH is 2. The van der Waals surface area contributed by atoms with Gasteiger partial charge < -0.3 is 26.2 Å². The van der Waals surface area contributed by atoms with Gasteiger partial charge in [-0.3, -0.25) is 13.8 Å². The van der Waals surface area contributed by atoms with Crippen LogP contribution in [-0.2, 0) is 18.4 Å². The van der Waals surface area contributed by atoms with Gasteiger partial charge in [0.25, 0.3) is 0 Å². The summed E-state index contributed by atoms with van der Waals surface area (Å²) in [6.45, 7) is 4.00. The number of allylic oxidation sites excluding steroid dienone is 4. The number of hydrogen-bond donors (Lipinski definition) is 5. The summed E-state index contributed by atoms with van der Waals surface area (Å²) >= 11 is 0. The number of amides is 1. The first-order valence-corrected chi connectivity index (χ1v) is 22.0. The fourth-order valence-electron chi connectivity index (χ4n) is 5.97. The molecule has 0 aromatic rings. The average molecular weight is 731 g/mol. The van der Waals surface area contributed by atoms with Crippen LogP contribution < -0.4 is 11.1 Å². The average Bonchev–Trinajstić information content (AvgIpc) is 3.09. The minimum absolute atomic E-state index is 0.0579. The molecule has 10 heteroatoms. The van der Waals surface area contributed by atoms with Crippen molar-refractivity contribution in [3.05, 3.63) is 24.3 Å². The second-order valence-corrected chi connectivity index (χ2v) is 15.5. The van der Waals surface area contributed by atoms with Crippen molar-refractivity contribution in [1.29, 1.82) is 0 Å². The molecule has 0 aromatic carbocycles. The van der Waals surface area contributed by atoms with Gasteiger partial charge in [0.2, 0.25) is 5.91 Å². The third-order valence-electron chi connectivity index (χ3n) is 9.11. The third kappa shape index (κ3) is 34.0. The monoisotopic (exact) mass is 731 g/mol. The van der Waals surface area contributed by atoms with Gasteiger partial charge >= 0.3 is 7.82 Å². The number of nitrogens with two attached hydrogens (primary N) is 1. The van der Waals surface area contributed by atoms with Crippen LogP contribution in [0.2, 0.25) is 0 Å². The topological polar surface area (TPSA) is 151 Å². The molecule has 0 saturated carbocycles. The molecule has 0 saturated heterocycles. The Labute approximate surface area is 307 Å². The molecular weight excluding hydrogens is 651 g/mol. The number of phosphoric acid groups is 1. The van der Waals surface area contributed by atoms with Gasteiger partial charge in [0.05, 0.1) is 37.9 Å². The number of hydrogen-bond acceptors (Lipinski definition) is 7. The van der Waals surface area contributed by atoms with Crippen molar-refractivity contribution in [1.82, 2.24) is 5.32 Å². The minimum Gasteiger partial charge on any atom is -0.393 e. The maximum Gasteiger partial charge on any atom is 0.472 e. The number of carbonyl (C=O) groups excluding carboxylic acids is 1. The zero-order chi connectivity index (χ0) is 37.0. The molecule has 0 radical (unpaired) electrons. The number of carbonyl (C=O) groups is 1. The summed E-state index contributed by atoms with van der Waals surface area (Å²) in [7, 11) is -4.37. The van der Waals surface area contributed by atoms with Gasteiger partial charge in [0, 0.05) is 6.54 Å². The highest BCUT2D eigenvalue weighted by molar-refractivity contribution is 7.47. The van der Waals surface area contributed by atoms with Gasteiger partial charge in [-0.1, -0.05) is 160 Å². The van der Waals surface area contributed by atoms with E-state index in [0.29, 0.717) is 12.8 Å². The van der Waals surface area contributed by atoms with Crippen molar-refractivity contribution in [3.63, 3.8) is 0 Å². The molecule has 0 aliphatic carbocycles. The summed E-state index contributed by atoms with van der Waals surface area (Å²) in [6.07, 6.45) is 36.4. The van der Waals surface area contributed by atoms with E-state index < -0.39 is 32.0 Å². The van der Waals surface area contributed by atoms with E-state index in [1.807, 2.05) is 0 Å². The molecule has 0 bridgehead atoms. The van der Waals surface area contributed by atoms with Crippen LogP contribution in [0.3, 0.4) is 0 Å². The quantitative estimate of drug-likeness (QED) is 0.0239. The molecule has 0 aliphatic rings. The maximum absolute atomic E-state index is 12.8. The van der Waals surface area contributed by atoms with Crippen molar-refractivity contribution in [2.45, 2.75) is 205 Å². The Bertz CT molecular complexity index is 858. The summed E-state index contributed by atoms with van der Waals surface area (Å²) in [5, 5.41) is 24.1. The number of rotatable bonds is 38. The van der Waals surface area contributed by atoms with Gasteiger partial charge in [-0.05, 0) is 44.9 Å². The molecule has 4 atom stereocenters. The summed E-state index contributed by atoms with van der Waals surface area (Å²) in [5.41, 5.74) is 5.36. The normalized spacial score (nSPS) is 15.1. The Hall–Kier alpha value is -1.06.